The fraction of sp³-hybridized carbons (Fsp3) is 0.519. The SMILES string of the molecule is CCC(C)C(N)C(=O)NC(Cc1c[nH]c2ccccc12)C(=O)NC(CC(=O)O)C(=O)NC(CC(C)C)C(=O)O. The van der Waals surface area contributed by atoms with Crippen molar-refractivity contribution in [1.29, 1.82) is 0 Å². The van der Waals surface area contributed by atoms with Crippen molar-refractivity contribution < 1.29 is 34.2 Å². The average molecular weight is 546 g/mol. The summed E-state index contributed by atoms with van der Waals surface area (Å²) in [4.78, 5) is 65.5. The fourth-order valence-electron chi connectivity index (χ4n) is 4.13. The lowest BCUT2D eigenvalue weighted by Crippen LogP contribution is -2.58. The third-order valence-electron chi connectivity index (χ3n) is 6.63. The minimum Gasteiger partial charge on any atom is -0.481 e. The highest BCUT2D eigenvalue weighted by molar-refractivity contribution is 5.96. The molecule has 0 radical (unpaired) electrons. The number of aromatic amines is 1. The standard InChI is InChI=1S/C27H39N5O7/c1-5-15(4)23(28)26(37)31-19(11-16-13-29-18-9-7-6-8-17(16)18)24(35)30-20(12-22(33)34)25(36)32-21(27(38)39)10-14(2)3/h6-9,13-15,19-21,23,29H,5,10-12,28H2,1-4H3,(H,30,35)(H,31,37)(H,32,36)(H,33,34)(H,38,39). The van der Waals surface area contributed by atoms with E-state index in [1.165, 1.54) is 0 Å². The first-order valence-electron chi connectivity index (χ1n) is 13.0. The molecule has 12 heteroatoms. The summed E-state index contributed by atoms with van der Waals surface area (Å²) in [7, 11) is 0. The molecule has 0 aliphatic rings. The highest BCUT2D eigenvalue weighted by Crippen LogP contribution is 2.19. The first kappa shape index (κ1) is 31.3. The van der Waals surface area contributed by atoms with Crippen molar-refractivity contribution in [1.82, 2.24) is 20.9 Å². The summed E-state index contributed by atoms with van der Waals surface area (Å²) >= 11 is 0. The van der Waals surface area contributed by atoms with Gasteiger partial charge in [0.05, 0.1) is 12.5 Å². The van der Waals surface area contributed by atoms with Crippen LogP contribution in [0.1, 0.15) is 52.5 Å². The molecule has 1 aromatic heterocycles. The van der Waals surface area contributed by atoms with Crippen LogP contribution >= 0.6 is 0 Å². The van der Waals surface area contributed by atoms with Gasteiger partial charge >= 0.3 is 11.9 Å². The second-order valence-electron chi connectivity index (χ2n) is 10.2. The van der Waals surface area contributed by atoms with Gasteiger partial charge in [-0.25, -0.2) is 4.79 Å². The molecule has 0 bridgehead atoms. The third kappa shape index (κ3) is 9.10. The van der Waals surface area contributed by atoms with Crippen LogP contribution in [-0.2, 0) is 30.4 Å². The zero-order valence-electron chi connectivity index (χ0n) is 22.7. The molecular formula is C27H39N5O7. The van der Waals surface area contributed by atoms with E-state index in [1.807, 2.05) is 38.1 Å². The summed E-state index contributed by atoms with van der Waals surface area (Å²) in [5.74, 6) is -5.20. The highest BCUT2D eigenvalue weighted by atomic mass is 16.4. The Bertz CT molecular complexity index is 1180. The Labute approximate surface area is 227 Å². The van der Waals surface area contributed by atoms with Crippen LogP contribution in [0, 0.1) is 11.8 Å². The minimum absolute atomic E-state index is 0.0291. The number of amides is 3. The summed E-state index contributed by atoms with van der Waals surface area (Å²) < 4.78 is 0. The predicted molar refractivity (Wildman–Crippen MR) is 145 cm³/mol. The Balaban J connectivity index is 2.32. The quantitative estimate of drug-likeness (QED) is 0.172. The molecular weight excluding hydrogens is 506 g/mol. The molecule has 0 saturated carbocycles. The van der Waals surface area contributed by atoms with E-state index in [0.717, 1.165) is 10.9 Å². The fourth-order valence-corrected chi connectivity index (χ4v) is 4.13. The van der Waals surface area contributed by atoms with E-state index < -0.39 is 60.2 Å². The number of nitrogens with one attached hydrogen (secondary N) is 4. The molecule has 2 rings (SSSR count). The van der Waals surface area contributed by atoms with Gasteiger partial charge in [-0.2, -0.15) is 0 Å². The van der Waals surface area contributed by atoms with Crippen molar-refractivity contribution in [2.75, 3.05) is 0 Å². The number of fused-ring (bicyclic) bond motifs is 1. The number of H-pyrrole nitrogens is 1. The number of aliphatic carboxylic acids is 2. The van der Waals surface area contributed by atoms with E-state index in [2.05, 4.69) is 20.9 Å². The average Bonchev–Trinajstić information content (AvgIpc) is 3.28. The van der Waals surface area contributed by atoms with Crippen molar-refractivity contribution in [2.24, 2.45) is 17.6 Å². The van der Waals surface area contributed by atoms with Gasteiger partial charge in [0.1, 0.15) is 18.1 Å². The van der Waals surface area contributed by atoms with E-state index in [-0.39, 0.29) is 24.7 Å². The maximum Gasteiger partial charge on any atom is 0.326 e. The predicted octanol–water partition coefficient (Wildman–Crippen LogP) is 1.14. The Morgan fingerprint density at radius 3 is 2.08 bits per heavy atom. The highest BCUT2D eigenvalue weighted by Gasteiger charge is 2.32. The van der Waals surface area contributed by atoms with E-state index in [9.17, 15) is 34.2 Å². The molecule has 5 unspecified atom stereocenters. The van der Waals surface area contributed by atoms with Crippen LogP contribution in [0.15, 0.2) is 30.5 Å². The van der Waals surface area contributed by atoms with Crippen LogP contribution in [0.4, 0.5) is 0 Å². The number of para-hydroxylation sites is 1. The lowest BCUT2D eigenvalue weighted by atomic mass is 9.98. The molecule has 5 atom stereocenters. The number of aromatic nitrogens is 1. The van der Waals surface area contributed by atoms with Gasteiger partial charge < -0.3 is 36.9 Å². The molecule has 0 spiro atoms. The Morgan fingerprint density at radius 2 is 1.49 bits per heavy atom. The van der Waals surface area contributed by atoms with Gasteiger partial charge in [-0.15, -0.1) is 0 Å². The van der Waals surface area contributed by atoms with Crippen molar-refractivity contribution in [3.63, 3.8) is 0 Å². The summed E-state index contributed by atoms with van der Waals surface area (Å²) in [5, 5.41) is 27.0. The Kier molecular flexibility index (Phi) is 11.5. The summed E-state index contributed by atoms with van der Waals surface area (Å²) in [5.41, 5.74) is 7.61. The largest absolute Gasteiger partial charge is 0.481 e. The number of carbonyl (C=O) groups excluding carboxylic acids is 3. The molecule has 39 heavy (non-hydrogen) atoms. The monoisotopic (exact) mass is 545 g/mol. The van der Waals surface area contributed by atoms with Gasteiger partial charge in [-0.3, -0.25) is 19.2 Å². The number of carbonyl (C=O) groups is 5. The smallest absolute Gasteiger partial charge is 0.326 e. The summed E-state index contributed by atoms with van der Waals surface area (Å²) in [6, 6.07) is 2.46. The van der Waals surface area contributed by atoms with Crippen LogP contribution in [0.2, 0.25) is 0 Å². The van der Waals surface area contributed by atoms with Gasteiger partial charge in [0.15, 0.2) is 0 Å². The molecule has 0 aliphatic heterocycles. The lowest BCUT2D eigenvalue weighted by Gasteiger charge is -2.26. The van der Waals surface area contributed by atoms with Gasteiger partial charge in [0.2, 0.25) is 17.7 Å². The van der Waals surface area contributed by atoms with Gasteiger partial charge in [0.25, 0.3) is 0 Å². The number of carboxylic acids is 2. The summed E-state index contributed by atoms with van der Waals surface area (Å²) in [6.45, 7) is 7.25. The minimum atomic E-state index is -1.57. The molecule has 1 heterocycles. The Morgan fingerprint density at radius 1 is 0.897 bits per heavy atom. The third-order valence-corrected chi connectivity index (χ3v) is 6.63. The van der Waals surface area contributed by atoms with Crippen molar-refractivity contribution in [3.8, 4) is 0 Å². The topological polar surface area (TPSA) is 204 Å². The molecule has 8 N–H and O–H groups in total. The first-order valence-corrected chi connectivity index (χ1v) is 13.0. The van der Waals surface area contributed by atoms with E-state index in [1.54, 1.807) is 20.0 Å². The molecule has 0 fully saturated rings. The van der Waals surface area contributed by atoms with E-state index in [4.69, 9.17) is 5.73 Å². The zero-order valence-corrected chi connectivity index (χ0v) is 22.7. The molecule has 2 aromatic rings. The normalized spacial score (nSPS) is 15.1. The second-order valence-corrected chi connectivity index (χ2v) is 10.2. The van der Waals surface area contributed by atoms with E-state index in [0.29, 0.717) is 12.0 Å². The van der Waals surface area contributed by atoms with Crippen LogP contribution < -0.4 is 21.7 Å². The lowest BCUT2D eigenvalue weighted by molar-refractivity contribution is -0.144. The Hall–Kier alpha value is -3.93. The van der Waals surface area contributed by atoms with Crippen LogP contribution in [0.3, 0.4) is 0 Å². The van der Waals surface area contributed by atoms with Crippen LogP contribution in [0.25, 0.3) is 10.9 Å². The number of hydrogen-bond donors (Lipinski definition) is 7. The van der Waals surface area contributed by atoms with Gasteiger partial charge in [0, 0.05) is 23.5 Å². The maximum absolute atomic E-state index is 13.4. The number of carboxylic acid groups (broad SMARTS) is 2. The van der Waals surface area contributed by atoms with Crippen LogP contribution in [0.5, 0.6) is 0 Å². The number of benzene rings is 1. The molecule has 0 aliphatic carbocycles. The molecule has 1 aromatic carbocycles. The molecule has 0 saturated heterocycles. The molecule has 12 nitrogen and oxygen atoms in total. The van der Waals surface area contributed by atoms with Gasteiger partial charge in [-0.05, 0) is 29.9 Å². The molecule has 214 valence electrons. The van der Waals surface area contributed by atoms with Crippen molar-refractivity contribution >= 4 is 40.6 Å². The number of hydrogen-bond acceptors (Lipinski definition) is 6. The van der Waals surface area contributed by atoms with E-state index >= 15 is 0 Å². The van der Waals surface area contributed by atoms with Gasteiger partial charge in [-0.1, -0.05) is 52.3 Å². The zero-order chi connectivity index (χ0) is 29.3. The molecule has 3 amide bonds. The number of nitrogens with two attached hydrogens (primary N) is 1. The maximum atomic E-state index is 13.4. The summed E-state index contributed by atoms with van der Waals surface area (Å²) in [6.07, 6.45) is 1.70. The second kappa shape index (κ2) is 14.3. The van der Waals surface area contributed by atoms with Crippen molar-refractivity contribution in [3.05, 3.63) is 36.0 Å². The number of rotatable bonds is 15. The van der Waals surface area contributed by atoms with Crippen LogP contribution in [-0.4, -0.2) is 69.0 Å². The first-order chi connectivity index (χ1) is 18.3. The van der Waals surface area contributed by atoms with Crippen molar-refractivity contribution in [2.45, 2.75) is 77.5 Å².